The average molecular weight is 175 g/mol. The van der Waals surface area contributed by atoms with Crippen molar-refractivity contribution in [2.24, 2.45) is 0 Å². The van der Waals surface area contributed by atoms with Crippen LogP contribution in [-0.2, 0) is 21.6 Å². The Bertz CT molecular complexity index is 58.6. The molecule has 0 aromatic rings. The summed E-state index contributed by atoms with van der Waals surface area (Å²) in [7, 11) is -5.39. The first-order chi connectivity index (χ1) is 2.00. The Balaban J connectivity index is -0.0000000267. The maximum Gasteiger partial charge on any atom is 3.00 e. The zero-order valence-corrected chi connectivity index (χ0v) is 5.88. The van der Waals surface area contributed by atoms with Gasteiger partial charge in [0.25, 0.3) is 0 Å². The van der Waals surface area contributed by atoms with E-state index in [4.69, 9.17) is 19.2 Å². The fraction of sp³-hybridized carbons (Fsp3) is 0. The van der Waals surface area contributed by atoms with Crippen LogP contribution in [0, 0.1) is 0 Å². The zero-order chi connectivity index (χ0) is 4.50. The van der Waals surface area contributed by atoms with E-state index in [-0.39, 0.29) is 41.4 Å². The van der Waals surface area contributed by atoms with Crippen molar-refractivity contribution in [1.82, 2.24) is 0 Å². The molecular weight excluding hydrogens is 174 g/mol. The standard InChI is InChI=1S/Fe.Li.H3O4P.H2O/c;;1-5(2,3)4;/h;;(H3,1,2,3,4);1H2/q+3;+1;;/p-4. The molecule has 1 radical (unpaired) electrons. The minimum Gasteiger partial charge on any atom is -0.870 e. The molecule has 0 bridgehead atoms. The molecular formula is HFeLiO5P. The topological polar surface area (TPSA) is 116 Å². The maximum absolute atomic E-state index is 8.55. The third-order valence-corrected chi connectivity index (χ3v) is 0. The molecule has 0 aromatic carbocycles. The first-order valence-electron chi connectivity index (χ1n) is 0.730. The maximum atomic E-state index is 8.55. The minimum absolute atomic E-state index is 0. The molecule has 0 fully saturated rings. The van der Waals surface area contributed by atoms with E-state index in [1.807, 2.05) is 0 Å². The van der Waals surface area contributed by atoms with Crippen molar-refractivity contribution < 1.29 is 60.7 Å². The minimum atomic E-state index is -5.39. The van der Waals surface area contributed by atoms with Crippen LogP contribution in [0.25, 0.3) is 0 Å². The molecule has 0 saturated heterocycles. The molecule has 8 heavy (non-hydrogen) atoms. The van der Waals surface area contributed by atoms with Crippen LogP contribution in [0.4, 0.5) is 0 Å². The second-order valence-electron chi connectivity index (χ2n) is 0.447. The smallest absolute Gasteiger partial charge is 0.870 e. The van der Waals surface area contributed by atoms with Crippen LogP contribution in [0.2, 0.25) is 0 Å². The summed E-state index contributed by atoms with van der Waals surface area (Å²) in [6, 6.07) is 0. The van der Waals surface area contributed by atoms with Crippen LogP contribution in [0.1, 0.15) is 0 Å². The molecule has 8 heteroatoms. The van der Waals surface area contributed by atoms with Gasteiger partial charge in [-0.2, -0.15) is 7.82 Å². The molecule has 0 amide bonds. The predicted octanol–water partition coefficient (Wildman–Crippen LogP) is -6.00. The number of hydrogen-bond donors (Lipinski definition) is 0. The molecule has 5 nitrogen and oxygen atoms in total. The van der Waals surface area contributed by atoms with E-state index in [0.29, 0.717) is 0 Å². The number of hydrogen-bond acceptors (Lipinski definition) is 5. The molecule has 0 aromatic heterocycles. The molecule has 0 saturated carbocycles. The largest absolute Gasteiger partial charge is 3.00 e. The van der Waals surface area contributed by atoms with Gasteiger partial charge in [-0.15, -0.1) is 0 Å². The van der Waals surface area contributed by atoms with Crippen LogP contribution in [0.15, 0.2) is 0 Å². The summed E-state index contributed by atoms with van der Waals surface area (Å²) < 4.78 is 8.55. The van der Waals surface area contributed by atoms with Gasteiger partial charge in [-0.25, -0.2) is 0 Å². The summed E-state index contributed by atoms with van der Waals surface area (Å²) in [6.07, 6.45) is 0. The van der Waals surface area contributed by atoms with Crippen LogP contribution >= 0.6 is 7.82 Å². The molecule has 0 aliphatic heterocycles. The summed E-state index contributed by atoms with van der Waals surface area (Å²) in [5.74, 6) is 0. The average Bonchev–Trinajstić information content (AvgIpc) is 0.722. The van der Waals surface area contributed by atoms with Gasteiger partial charge in [-0.05, 0) is 0 Å². The van der Waals surface area contributed by atoms with Crippen molar-refractivity contribution in [2.45, 2.75) is 0 Å². The van der Waals surface area contributed by atoms with Crippen LogP contribution in [0.3, 0.4) is 0 Å². The van der Waals surface area contributed by atoms with E-state index in [9.17, 15) is 0 Å². The fourth-order valence-electron chi connectivity index (χ4n) is 0. The predicted molar refractivity (Wildman–Crippen MR) is 9.54 cm³/mol. The van der Waals surface area contributed by atoms with Crippen molar-refractivity contribution in [3.8, 4) is 0 Å². The van der Waals surface area contributed by atoms with E-state index < -0.39 is 7.82 Å². The Kier molecular flexibility index (Phi) is 23.4. The Morgan fingerprint density at radius 2 is 1.12 bits per heavy atom. The molecule has 1 N–H and O–H groups in total. The van der Waals surface area contributed by atoms with Gasteiger partial charge >= 0.3 is 35.9 Å². The van der Waals surface area contributed by atoms with Gasteiger partial charge < -0.3 is 24.7 Å². The van der Waals surface area contributed by atoms with Gasteiger partial charge in [-0.3, -0.25) is 0 Å². The SMILES string of the molecule is O=P([O-])([O-])[O-].[Fe+3].[Li+].[OH-]. The molecule has 0 aliphatic carbocycles. The van der Waals surface area contributed by atoms with E-state index >= 15 is 0 Å². The summed E-state index contributed by atoms with van der Waals surface area (Å²) in [5, 5.41) is 0. The quantitative estimate of drug-likeness (QED) is 0.268. The summed E-state index contributed by atoms with van der Waals surface area (Å²) in [6.45, 7) is 0. The molecule has 0 heterocycles. The van der Waals surface area contributed by atoms with Gasteiger partial charge in [0, 0.05) is 0 Å². The number of phosphoric acid groups is 1. The first-order valence-corrected chi connectivity index (χ1v) is 2.19. The number of rotatable bonds is 0. The van der Waals surface area contributed by atoms with Crippen molar-refractivity contribution in [3.63, 3.8) is 0 Å². The molecule has 0 atom stereocenters. The molecule has 45 valence electrons. The fourth-order valence-corrected chi connectivity index (χ4v) is 0. The van der Waals surface area contributed by atoms with Gasteiger partial charge in [0.1, 0.15) is 0 Å². The molecule has 0 spiro atoms. The third-order valence-electron chi connectivity index (χ3n) is 0. The first kappa shape index (κ1) is 22.9. The third kappa shape index (κ3) is 195. The summed E-state index contributed by atoms with van der Waals surface area (Å²) in [4.78, 5) is 25.6. The van der Waals surface area contributed by atoms with E-state index in [1.54, 1.807) is 0 Å². The second-order valence-corrected chi connectivity index (χ2v) is 1.34. The van der Waals surface area contributed by atoms with Gasteiger partial charge in [-0.1, -0.05) is 0 Å². The molecule has 0 rings (SSSR count). The Morgan fingerprint density at radius 1 is 1.12 bits per heavy atom. The van der Waals surface area contributed by atoms with Crippen molar-refractivity contribution in [3.05, 3.63) is 0 Å². The van der Waals surface area contributed by atoms with E-state index in [0.717, 1.165) is 0 Å². The van der Waals surface area contributed by atoms with Gasteiger partial charge in [0.2, 0.25) is 0 Å². The Labute approximate surface area is 68.7 Å². The van der Waals surface area contributed by atoms with Crippen molar-refractivity contribution in [2.75, 3.05) is 0 Å². The second kappa shape index (κ2) is 8.19. The molecule has 0 aliphatic rings. The van der Waals surface area contributed by atoms with Gasteiger partial charge in [0.15, 0.2) is 0 Å². The van der Waals surface area contributed by atoms with Crippen LogP contribution < -0.4 is 33.5 Å². The van der Waals surface area contributed by atoms with Crippen molar-refractivity contribution in [1.29, 1.82) is 0 Å². The summed E-state index contributed by atoms with van der Waals surface area (Å²) in [5.41, 5.74) is 0. The van der Waals surface area contributed by atoms with Crippen molar-refractivity contribution >= 4 is 7.82 Å². The van der Waals surface area contributed by atoms with Crippen LogP contribution in [0.5, 0.6) is 0 Å². The Hall–Kier alpha value is 1.19. The monoisotopic (exact) mass is 175 g/mol. The normalized spacial score (nSPS) is 7.38. The van der Waals surface area contributed by atoms with Crippen LogP contribution in [-0.4, -0.2) is 5.48 Å². The van der Waals surface area contributed by atoms with E-state index in [1.165, 1.54) is 0 Å². The molecule has 0 unspecified atom stereocenters. The zero-order valence-electron chi connectivity index (χ0n) is 3.88. The van der Waals surface area contributed by atoms with E-state index in [2.05, 4.69) is 0 Å². The summed E-state index contributed by atoms with van der Waals surface area (Å²) >= 11 is 0. The Morgan fingerprint density at radius 3 is 1.12 bits per heavy atom. The van der Waals surface area contributed by atoms with Gasteiger partial charge in [0.05, 0.1) is 0 Å².